The van der Waals surface area contributed by atoms with Gasteiger partial charge in [-0.25, -0.2) is 0 Å². The van der Waals surface area contributed by atoms with Gasteiger partial charge in [0.1, 0.15) is 4.99 Å². The van der Waals surface area contributed by atoms with Crippen molar-refractivity contribution in [3.8, 4) is 0 Å². The summed E-state index contributed by atoms with van der Waals surface area (Å²) in [6, 6.07) is 0. The molecule has 1 heterocycles. The first-order valence-electron chi connectivity index (χ1n) is 3.72. The van der Waals surface area contributed by atoms with Gasteiger partial charge in [-0.2, -0.15) is 0 Å². The van der Waals surface area contributed by atoms with Gasteiger partial charge in [0.05, 0.1) is 0 Å². The molecular weight excluding hydrogens is 160 g/mol. The summed E-state index contributed by atoms with van der Waals surface area (Å²) >= 11 is 1.51. The van der Waals surface area contributed by atoms with Crippen LogP contribution in [-0.4, -0.2) is 28.6 Å². The highest BCUT2D eigenvalue weighted by atomic mass is 32.2. The number of thioether (sulfide) groups is 1. The minimum absolute atomic E-state index is 0.185. The Hall–Kier alpha value is -0.220. The number of hydrogen-bond donors (Lipinski definition) is 1. The number of nitrogens with two attached hydrogens (primary N) is 1. The lowest BCUT2D eigenvalue weighted by molar-refractivity contribution is -0.130. The lowest BCUT2D eigenvalue weighted by Crippen LogP contribution is -2.51. The van der Waals surface area contributed by atoms with Crippen molar-refractivity contribution >= 4 is 17.7 Å². The second kappa shape index (κ2) is 3.03. The number of carbonyl (C=O) groups excluding carboxylic acids is 1. The predicted octanol–water partition coefficient (Wildman–Crippen LogP) is 0.604. The fourth-order valence-electron chi connectivity index (χ4n) is 1.23. The molecule has 0 spiro atoms. The zero-order valence-electron chi connectivity index (χ0n) is 6.96. The number of nitrogens with zero attached hydrogens (tertiary/aromatic N) is 1. The van der Waals surface area contributed by atoms with E-state index in [0.29, 0.717) is 6.42 Å². The molecule has 1 amide bonds. The Labute approximate surface area is 71.3 Å². The van der Waals surface area contributed by atoms with E-state index in [-0.39, 0.29) is 5.91 Å². The molecule has 1 rings (SSSR count). The van der Waals surface area contributed by atoms with Crippen LogP contribution in [0.15, 0.2) is 0 Å². The number of carbonyl (C=O) groups is 1. The number of rotatable bonds is 2. The Morgan fingerprint density at radius 2 is 2.36 bits per heavy atom. The average molecular weight is 174 g/mol. The summed E-state index contributed by atoms with van der Waals surface area (Å²) in [7, 11) is 0. The molecule has 0 aromatic carbocycles. The normalized spacial score (nSPS) is 23.9. The maximum atomic E-state index is 11.2. The van der Waals surface area contributed by atoms with Crippen LogP contribution in [0.4, 0.5) is 0 Å². The Morgan fingerprint density at radius 1 is 1.73 bits per heavy atom. The van der Waals surface area contributed by atoms with E-state index in [4.69, 9.17) is 5.73 Å². The number of amides is 1. The van der Waals surface area contributed by atoms with Gasteiger partial charge < -0.3 is 10.6 Å². The van der Waals surface area contributed by atoms with Crippen LogP contribution in [0.2, 0.25) is 0 Å². The monoisotopic (exact) mass is 174 g/mol. The molecule has 1 unspecified atom stereocenters. The first-order chi connectivity index (χ1) is 5.08. The van der Waals surface area contributed by atoms with Crippen LogP contribution in [0.25, 0.3) is 0 Å². The van der Waals surface area contributed by atoms with Gasteiger partial charge in [0.25, 0.3) is 0 Å². The van der Waals surface area contributed by atoms with E-state index in [1.807, 2.05) is 13.2 Å². The van der Waals surface area contributed by atoms with Crippen LogP contribution in [0.3, 0.4) is 0 Å². The molecule has 1 fully saturated rings. The van der Waals surface area contributed by atoms with Gasteiger partial charge in [-0.05, 0) is 19.6 Å². The van der Waals surface area contributed by atoms with Gasteiger partial charge in [-0.3, -0.25) is 4.79 Å². The Kier molecular flexibility index (Phi) is 2.44. The fraction of sp³-hybridized carbons (Fsp3) is 0.857. The summed E-state index contributed by atoms with van der Waals surface area (Å²) < 4.78 is 0. The summed E-state index contributed by atoms with van der Waals surface area (Å²) in [5.41, 5.74) is 5.88. The molecular formula is C7H14N2OS. The van der Waals surface area contributed by atoms with E-state index in [1.54, 1.807) is 4.90 Å². The van der Waals surface area contributed by atoms with E-state index in [9.17, 15) is 4.79 Å². The van der Waals surface area contributed by atoms with E-state index in [1.165, 1.54) is 11.8 Å². The largest absolute Gasteiger partial charge is 0.316 e. The molecule has 0 aromatic heterocycles. The second-order valence-corrected chi connectivity index (χ2v) is 4.14. The Bertz CT molecular complexity index is 170. The number of hydrogen-bond acceptors (Lipinski definition) is 3. The zero-order valence-corrected chi connectivity index (χ0v) is 7.78. The van der Waals surface area contributed by atoms with Gasteiger partial charge in [-0.1, -0.05) is 0 Å². The molecule has 4 heteroatoms. The minimum atomic E-state index is -0.506. The minimum Gasteiger partial charge on any atom is -0.316 e. The molecule has 3 nitrogen and oxygen atoms in total. The van der Waals surface area contributed by atoms with Crippen molar-refractivity contribution in [3.63, 3.8) is 0 Å². The van der Waals surface area contributed by atoms with Crippen molar-refractivity contribution in [3.05, 3.63) is 0 Å². The molecule has 0 radical (unpaired) electrons. The van der Waals surface area contributed by atoms with Gasteiger partial charge in [0.2, 0.25) is 5.91 Å². The average Bonchev–Trinajstić information content (AvgIpc) is 2.36. The lowest BCUT2D eigenvalue weighted by atomic mass is 10.4. The van der Waals surface area contributed by atoms with Gasteiger partial charge in [0.15, 0.2) is 0 Å². The van der Waals surface area contributed by atoms with Crippen molar-refractivity contribution in [2.45, 2.75) is 24.8 Å². The maximum Gasteiger partial charge on any atom is 0.224 e. The van der Waals surface area contributed by atoms with E-state index in [0.717, 1.165) is 13.0 Å². The highest BCUT2D eigenvalue weighted by Crippen LogP contribution is 2.25. The molecule has 64 valence electrons. The summed E-state index contributed by atoms with van der Waals surface area (Å²) in [5, 5.41) is 0. The van der Waals surface area contributed by atoms with Crippen LogP contribution >= 0.6 is 11.8 Å². The van der Waals surface area contributed by atoms with Crippen LogP contribution in [-0.2, 0) is 4.79 Å². The predicted molar refractivity (Wildman–Crippen MR) is 47.1 cm³/mol. The Morgan fingerprint density at radius 3 is 2.73 bits per heavy atom. The first-order valence-corrected chi connectivity index (χ1v) is 4.95. The molecule has 2 N–H and O–H groups in total. The molecule has 1 saturated heterocycles. The van der Waals surface area contributed by atoms with Gasteiger partial charge in [-0.15, -0.1) is 11.8 Å². The van der Waals surface area contributed by atoms with Crippen molar-refractivity contribution in [1.29, 1.82) is 0 Å². The second-order valence-electron chi connectivity index (χ2n) is 2.91. The third-order valence-electron chi connectivity index (χ3n) is 2.02. The summed E-state index contributed by atoms with van der Waals surface area (Å²) in [4.78, 5) is 12.5. The van der Waals surface area contributed by atoms with Crippen molar-refractivity contribution in [2.24, 2.45) is 5.73 Å². The summed E-state index contributed by atoms with van der Waals surface area (Å²) in [5.74, 6) is 0.185. The van der Waals surface area contributed by atoms with Crippen LogP contribution in [0.1, 0.15) is 19.8 Å². The molecule has 1 atom stereocenters. The lowest BCUT2D eigenvalue weighted by Gasteiger charge is -2.33. The van der Waals surface area contributed by atoms with Crippen molar-refractivity contribution < 1.29 is 4.79 Å². The highest BCUT2D eigenvalue weighted by molar-refractivity contribution is 7.99. The van der Waals surface area contributed by atoms with E-state index in [2.05, 4.69) is 0 Å². The van der Waals surface area contributed by atoms with Crippen molar-refractivity contribution in [1.82, 2.24) is 4.90 Å². The third kappa shape index (κ3) is 1.68. The standard InChI is InChI=1S/C7H14N2OS/c1-7(8,11-2)9-5-3-4-6(9)10/h3-5,8H2,1-2H3. The molecule has 0 aromatic rings. The Balaban J connectivity index is 2.65. The molecule has 0 saturated carbocycles. The number of likely N-dealkylation sites (tertiary alicyclic amines) is 1. The fourth-order valence-corrected chi connectivity index (χ4v) is 1.64. The quantitative estimate of drug-likeness (QED) is 0.624. The van der Waals surface area contributed by atoms with E-state index >= 15 is 0 Å². The third-order valence-corrected chi connectivity index (χ3v) is 3.07. The van der Waals surface area contributed by atoms with Crippen LogP contribution in [0.5, 0.6) is 0 Å². The summed E-state index contributed by atoms with van der Waals surface area (Å²) in [6.45, 7) is 2.69. The van der Waals surface area contributed by atoms with Crippen LogP contribution in [0, 0.1) is 0 Å². The maximum absolute atomic E-state index is 11.2. The van der Waals surface area contributed by atoms with Gasteiger partial charge >= 0.3 is 0 Å². The topological polar surface area (TPSA) is 46.3 Å². The molecule has 0 aliphatic carbocycles. The van der Waals surface area contributed by atoms with Crippen molar-refractivity contribution in [2.75, 3.05) is 12.8 Å². The SMILES string of the molecule is CSC(C)(N)N1CCCC1=O. The summed E-state index contributed by atoms with van der Waals surface area (Å²) in [6.07, 6.45) is 3.53. The van der Waals surface area contributed by atoms with Gasteiger partial charge in [0, 0.05) is 13.0 Å². The molecule has 0 bridgehead atoms. The van der Waals surface area contributed by atoms with Crippen LogP contribution < -0.4 is 5.73 Å². The highest BCUT2D eigenvalue weighted by Gasteiger charge is 2.33. The molecule has 1 aliphatic heterocycles. The molecule has 1 aliphatic rings. The zero-order chi connectivity index (χ0) is 8.48. The molecule has 11 heavy (non-hydrogen) atoms. The van der Waals surface area contributed by atoms with E-state index < -0.39 is 4.99 Å². The first kappa shape index (κ1) is 8.87. The smallest absolute Gasteiger partial charge is 0.224 e.